The van der Waals surface area contributed by atoms with Gasteiger partial charge in [-0.3, -0.25) is 4.98 Å². The van der Waals surface area contributed by atoms with Gasteiger partial charge in [-0.15, -0.1) is 0 Å². The zero-order valence-corrected chi connectivity index (χ0v) is 25.7. The van der Waals surface area contributed by atoms with Crippen molar-refractivity contribution in [2.24, 2.45) is 5.41 Å². The Morgan fingerprint density at radius 3 is 2.29 bits per heavy atom. The van der Waals surface area contributed by atoms with Crippen LogP contribution in [0.1, 0.15) is 76.1 Å². The van der Waals surface area contributed by atoms with Crippen LogP contribution in [0.4, 0.5) is 10.1 Å². The topological polar surface area (TPSA) is 71.9 Å². The number of aryl methyl sites for hydroxylation is 1. The number of nitrogens with zero attached hydrogens (tertiary/aromatic N) is 2. The van der Waals surface area contributed by atoms with Crippen molar-refractivity contribution in [2.45, 2.75) is 72.5 Å². The van der Waals surface area contributed by atoms with Crippen LogP contribution >= 0.6 is 0 Å². The molecule has 0 aliphatic carbocycles. The van der Waals surface area contributed by atoms with Gasteiger partial charge in [-0.2, -0.15) is 0 Å². The van der Waals surface area contributed by atoms with E-state index < -0.39 is 17.7 Å². The lowest BCUT2D eigenvalue weighted by Gasteiger charge is -2.41. The van der Waals surface area contributed by atoms with Gasteiger partial charge in [-0.25, -0.2) is 9.18 Å². The molecule has 1 fully saturated rings. The number of aliphatic carboxylic acids is 1. The van der Waals surface area contributed by atoms with E-state index in [1.54, 1.807) is 18.2 Å². The summed E-state index contributed by atoms with van der Waals surface area (Å²) in [6.45, 7) is 18.1. The molecule has 3 aromatic rings. The summed E-state index contributed by atoms with van der Waals surface area (Å²) in [5.74, 6) is -0.597. The van der Waals surface area contributed by atoms with Crippen molar-refractivity contribution in [3.8, 4) is 16.9 Å². The Kier molecular flexibility index (Phi) is 9.41. The normalized spacial score (nSPS) is 15.7. The second-order valence-electron chi connectivity index (χ2n) is 12.8. The van der Waals surface area contributed by atoms with Crippen molar-refractivity contribution in [1.29, 1.82) is 0 Å². The van der Waals surface area contributed by atoms with Crippen LogP contribution in [-0.2, 0) is 16.0 Å². The Morgan fingerprint density at radius 1 is 1.12 bits per heavy atom. The van der Waals surface area contributed by atoms with Gasteiger partial charge in [0.1, 0.15) is 11.6 Å². The molecule has 1 aliphatic rings. The highest BCUT2D eigenvalue weighted by atomic mass is 19.1. The Morgan fingerprint density at radius 2 is 1.74 bits per heavy atom. The van der Waals surface area contributed by atoms with Gasteiger partial charge in [-0.05, 0) is 87.4 Å². The molecule has 1 aliphatic heterocycles. The quantitative estimate of drug-likeness (QED) is 0.264. The molecule has 1 atom stereocenters. The first-order valence-corrected chi connectivity index (χ1v) is 14.6. The summed E-state index contributed by atoms with van der Waals surface area (Å²) < 4.78 is 25.4. The molecule has 7 heteroatoms. The Bertz CT molecular complexity index is 1400. The maximum Gasteiger partial charge on any atom is 0.337 e. The standard InChI is InChI=1S/C35H43FN2O4/c1-8-28-30(32(33(39)40)42-34(3,4)5)31(38-20-18-35(6,7)19-21-38)29(23(2)37-28)25-11-15-27(16-12-25)41-22-17-24-9-13-26(36)14-10-24/h8-16,32H,1,17-22H2,2-7H3,(H,39,40). The largest absolute Gasteiger partial charge is 0.493 e. The van der Waals surface area contributed by atoms with Crippen LogP contribution in [-0.4, -0.2) is 41.4 Å². The lowest BCUT2D eigenvalue weighted by molar-refractivity contribution is -0.160. The van der Waals surface area contributed by atoms with E-state index in [1.807, 2.05) is 52.0 Å². The van der Waals surface area contributed by atoms with Gasteiger partial charge in [0.2, 0.25) is 0 Å². The molecule has 0 saturated carbocycles. The van der Waals surface area contributed by atoms with E-state index in [1.165, 1.54) is 12.1 Å². The number of hydrogen-bond acceptors (Lipinski definition) is 5. The number of aromatic nitrogens is 1. The molecule has 0 radical (unpaired) electrons. The molecule has 0 spiro atoms. The molecule has 2 aromatic carbocycles. The molecular weight excluding hydrogens is 531 g/mol. The van der Waals surface area contributed by atoms with E-state index in [0.29, 0.717) is 24.3 Å². The third-order valence-electron chi connectivity index (χ3n) is 7.72. The van der Waals surface area contributed by atoms with Crippen molar-refractivity contribution in [3.05, 3.63) is 83.4 Å². The number of piperidine rings is 1. The van der Waals surface area contributed by atoms with Crippen molar-refractivity contribution >= 4 is 17.7 Å². The second-order valence-corrected chi connectivity index (χ2v) is 12.8. The first-order chi connectivity index (χ1) is 19.8. The fourth-order valence-electron chi connectivity index (χ4n) is 5.39. The van der Waals surface area contributed by atoms with Crippen molar-refractivity contribution in [3.63, 3.8) is 0 Å². The molecule has 0 bridgehead atoms. The molecule has 1 N–H and O–H groups in total. The van der Waals surface area contributed by atoms with Gasteiger partial charge in [0.15, 0.2) is 6.10 Å². The first kappa shape index (κ1) is 31.2. The van der Waals surface area contributed by atoms with Crippen molar-refractivity contribution in [1.82, 2.24) is 4.98 Å². The fourth-order valence-corrected chi connectivity index (χ4v) is 5.39. The van der Waals surface area contributed by atoms with E-state index in [2.05, 4.69) is 25.3 Å². The van der Waals surface area contributed by atoms with Crippen LogP contribution in [0.3, 0.4) is 0 Å². The summed E-state index contributed by atoms with van der Waals surface area (Å²) >= 11 is 0. The number of rotatable bonds is 10. The van der Waals surface area contributed by atoms with E-state index >= 15 is 0 Å². The summed E-state index contributed by atoms with van der Waals surface area (Å²) in [6.07, 6.45) is 3.04. The molecule has 6 nitrogen and oxygen atoms in total. The number of benzene rings is 2. The van der Waals surface area contributed by atoms with E-state index in [0.717, 1.165) is 59.8 Å². The number of carbonyl (C=O) groups is 1. The van der Waals surface area contributed by atoms with Gasteiger partial charge in [0.05, 0.1) is 23.6 Å². The first-order valence-electron chi connectivity index (χ1n) is 14.6. The monoisotopic (exact) mass is 574 g/mol. The van der Waals surface area contributed by atoms with Gasteiger partial charge < -0.3 is 19.5 Å². The minimum Gasteiger partial charge on any atom is -0.493 e. The molecule has 0 amide bonds. The van der Waals surface area contributed by atoms with Crippen molar-refractivity contribution < 1.29 is 23.8 Å². The number of hydrogen-bond donors (Lipinski definition) is 1. The molecule has 1 unspecified atom stereocenters. The zero-order chi connectivity index (χ0) is 30.7. The Balaban J connectivity index is 1.75. The number of pyridine rings is 1. The van der Waals surface area contributed by atoms with Gasteiger partial charge in [0, 0.05) is 36.3 Å². The number of halogens is 1. The highest BCUT2D eigenvalue weighted by Gasteiger charge is 2.36. The number of anilines is 1. The van der Waals surface area contributed by atoms with Crippen LogP contribution in [0.5, 0.6) is 5.75 Å². The van der Waals surface area contributed by atoms with E-state index in [4.69, 9.17) is 14.5 Å². The SMILES string of the molecule is C=Cc1nc(C)c(-c2ccc(OCCc3ccc(F)cc3)cc2)c(N2CCC(C)(C)CC2)c1C(OC(C)(C)C)C(=O)O. The number of carboxylic acid groups (broad SMARTS) is 1. The number of ether oxygens (including phenoxy) is 2. The predicted molar refractivity (Wildman–Crippen MR) is 167 cm³/mol. The molecule has 2 heterocycles. The summed E-state index contributed by atoms with van der Waals surface area (Å²) in [4.78, 5) is 19.9. The van der Waals surface area contributed by atoms with Gasteiger partial charge in [-0.1, -0.05) is 44.7 Å². The molecule has 4 rings (SSSR count). The molecule has 224 valence electrons. The summed E-state index contributed by atoms with van der Waals surface area (Å²) in [7, 11) is 0. The average Bonchev–Trinajstić information content (AvgIpc) is 2.92. The van der Waals surface area contributed by atoms with Gasteiger partial charge >= 0.3 is 5.97 Å². The fraction of sp³-hybridized carbons (Fsp3) is 0.429. The Hall–Kier alpha value is -3.71. The summed E-state index contributed by atoms with van der Waals surface area (Å²) in [6, 6.07) is 14.3. The average molecular weight is 575 g/mol. The van der Waals surface area contributed by atoms with Crippen LogP contribution in [0.15, 0.2) is 55.1 Å². The van der Waals surface area contributed by atoms with Crippen molar-refractivity contribution in [2.75, 3.05) is 24.6 Å². The van der Waals surface area contributed by atoms with Crippen LogP contribution < -0.4 is 9.64 Å². The minimum atomic E-state index is -1.22. The van der Waals surface area contributed by atoms with E-state index in [9.17, 15) is 14.3 Å². The third kappa shape index (κ3) is 7.57. The van der Waals surface area contributed by atoms with Crippen LogP contribution in [0.2, 0.25) is 0 Å². The Labute approximate surface area is 249 Å². The summed E-state index contributed by atoms with van der Waals surface area (Å²) in [5, 5.41) is 10.4. The molecule has 42 heavy (non-hydrogen) atoms. The second kappa shape index (κ2) is 12.7. The number of carboxylic acids is 1. The zero-order valence-electron chi connectivity index (χ0n) is 25.7. The molecular formula is C35H43FN2O4. The predicted octanol–water partition coefficient (Wildman–Crippen LogP) is 8.03. The minimum absolute atomic E-state index is 0.210. The smallest absolute Gasteiger partial charge is 0.337 e. The summed E-state index contributed by atoms with van der Waals surface area (Å²) in [5.41, 5.74) is 5.01. The molecule has 1 saturated heterocycles. The van der Waals surface area contributed by atoms with Gasteiger partial charge in [0.25, 0.3) is 0 Å². The third-order valence-corrected chi connectivity index (χ3v) is 7.72. The maximum absolute atomic E-state index is 13.2. The maximum atomic E-state index is 13.2. The van der Waals surface area contributed by atoms with Crippen LogP contribution in [0, 0.1) is 18.2 Å². The van der Waals surface area contributed by atoms with Crippen LogP contribution in [0.25, 0.3) is 17.2 Å². The highest BCUT2D eigenvalue weighted by molar-refractivity contribution is 5.89. The lowest BCUT2D eigenvalue weighted by Crippen LogP contribution is -2.39. The van der Waals surface area contributed by atoms with E-state index in [-0.39, 0.29) is 11.2 Å². The lowest BCUT2D eigenvalue weighted by atomic mass is 9.81. The highest BCUT2D eigenvalue weighted by Crippen LogP contribution is 2.45. The molecule has 1 aromatic heterocycles.